The van der Waals surface area contributed by atoms with Crippen LogP contribution in [0.4, 0.5) is 4.39 Å². The van der Waals surface area contributed by atoms with Gasteiger partial charge < -0.3 is 10.1 Å². The van der Waals surface area contributed by atoms with Gasteiger partial charge in [0.25, 0.3) is 0 Å². The van der Waals surface area contributed by atoms with Crippen molar-refractivity contribution in [3.8, 4) is 5.75 Å². The van der Waals surface area contributed by atoms with Crippen molar-refractivity contribution in [2.75, 3.05) is 19.7 Å². The van der Waals surface area contributed by atoms with Crippen LogP contribution < -0.4 is 10.1 Å². The smallest absolute Gasteiger partial charge is 0.145 e. The van der Waals surface area contributed by atoms with Gasteiger partial charge in [-0.15, -0.1) is 0 Å². The van der Waals surface area contributed by atoms with Crippen LogP contribution in [0.5, 0.6) is 5.75 Å². The van der Waals surface area contributed by atoms with Crippen LogP contribution in [0.25, 0.3) is 0 Å². The standard InChI is InChI=1S/C12H17ClFNO/c1-2-3-6-15-7-8-16-10-4-5-11(13)12(14)9-10/h4-5,9,15H,2-3,6-8H2,1H3. The van der Waals surface area contributed by atoms with Gasteiger partial charge in [0.1, 0.15) is 18.2 Å². The van der Waals surface area contributed by atoms with Gasteiger partial charge in [-0.2, -0.15) is 0 Å². The highest BCUT2D eigenvalue weighted by molar-refractivity contribution is 6.30. The molecule has 0 aliphatic rings. The zero-order valence-electron chi connectivity index (χ0n) is 9.43. The third-order valence-electron chi connectivity index (χ3n) is 2.15. The normalized spacial score (nSPS) is 10.4. The van der Waals surface area contributed by atoms with Crippen LogP contribution in [-0.4, -0.2) is 19.7 Å². The van der Waals surface area contributed by atoms with Crippen molar-refractivity contribution in [3.63, 3.8) is 0 Å². The van der Waals surface area contributed by atoms with Crippen molar-refractivity contribution in [2.45, 2.75) is 19.8 Å². The predicted octanol–water partition coefficient (Wildman–Crippen LogP) is 3.25. The number of rotatable bonds is 7. The molecular formula is C12H17ClFNO. The van der Waals surface area contributed by atoms with Crippen LogP contribution >= 0.6 is 11.6 Å². The molecule has 0 unspecified atom stereocenters. The highest BCUT2D eigenvalue weighted by Crippen LogP contribution is 2.20. The minimum atomic E-state index is -0.446. The van der Waals surface area contributed by atoms with E-state index in [1.54, 1.807) is 6.07 Å². The Labute approximate surface area is 101 Å². The molecule has 0 atom stereocenters. The Morgan fingerprint density at radius 2 is 2.19 bits per heavy atom. The molecule has 0 aromatic heterocycles. The summed E-state index contributed by atoms with van der Waals surface area (Å²) in [5, 5.41) is 3.36. The molecule has 1 rings (SSSR count). The van der Waals surface area contributed by atoms with Gasteiger partial charge in [0.05, 0.1) is 5.02 Å². The van der Waals surface area contributed by atoms with Crippen molar-refractivity contribution in [3.05, 3.63) is 29.0 Å². The SMILES string of the molecule is CCCCNCCOc1ccc(Cl)c(F)c1. The van der Waals surface area contributed by atoms with Crippen LogP contribution in [0.15, 0.2) is 18.2 Å². The first-order valence-corrected chi connectivity index (χ1v) is 5.90. The van der Waals surface area contributed by atoms with E-state index in [2.05, 4.69) is 12.2 Å². The highest BCUT2D eigenvalue weighted by Gasteiger charge is 2.01. The summed E-state index contributed by atoms with van der Waals surface area (Å²) in [5.74, 6) is 0.0669. The molecule has 0 amide bonds. The maximum absolute atomic E-state index is 13.0. The van der Waals surface area contributed by atoms with Crippen LogP contribution in [0.1, 0.15) is 19.8 Å². The van der Waals surface area contributed by atoms with Gasteiger partial charge in [0.15, 0.2) is 0 Å². The van der Waals surface area contributed by atoms with E-state index < -0.39 is 5.82 Å². The fraction of sp³-hybridized carbons (Fsp3) is 0.500. The second-order valence-corrected chi connectivity index (χ2v) is 3.94. The number of nitrogens with one attached hydrogen (secondary N) is 1. The van der Waals surface area contributed by atoms with E-state index in [1.165, 1.54) is 18.6 Å². The summed E-state index contributed by atoms with van der Waals surface area (Å²) in [7, 11) is 0. The first-order chi connectivity index (χ1) is 7.74. The summed E-state index contributed by atoms with van der Waals surface area (Å²) in [4.78, 5) is 0. The predicted molar refractivity (Wildman–Crippen MR) is 64.7 cm³/mol. The van der Waals surface area contributed by atoms with Crippen LogP contribution in [0.3, 0.4) is 0 Å². The molecule has 90 valence electrons. The van der Waals surface area contributed by atoms with Gasteiger partial charge in [-0.3, -0.25) is 0 Å². The molecule has 0 saturated carbocycles. The summed E-state index contributed by atoms with van der Waals surface area (Å²) in [6.45, 7) is 4.44. The minimum Gasteiger partial charge on any atom is -0.492 e. The zero-order valence-corrected chi connectivity index (χ0v) is 10.2. The Morgan fingerprint density at radius 1 is 1.38 bits per heavy atom. The van der Waals surface area contributed by atoms with E-state index in [-0.39, 0.29) is 5.02 Å². The fourth-order valence-electron chi connectivity index (χ4n) is 1.23. The summed E-state index contributed by atoms with van der Waals surface area (Å²) in [5.41, 5.74) is 0. The molecule has 1 aromatic rings. The van der Waals surface area contributed by atoms with E-state index in [4.69, 9.17) is 16.3 Å². The Morgan fingerprint density at radius 3 is 2.88 bits per heavy atom. The number of unbranched alkanes of at least 4 members (excludes halogenated alkanes) is 1. The van der Waals surface area contributed by atoms with Gasteiger partial charge in [0.2, 0.25) is 0 Å². The third kappa shape index (κ3) is 4.81. The number of ether oxygens (including phenoxy) is 1. The summed E-state index contributed by atoms with van der Waals surface area (Å²) >= 11 is 5.56. The van der Waals surface area contributed by atoms with Gasteiger partial charge in [-0.05, 0) is 25.1 Å². The second kappa shape index (κ2) is 7.47. The number of hydrogen-bond donors (Lipinski definition) is 1. The van der Waals surface area contributed by atoms with Gasteiger partial charge in [0, 0.05) is 12.6 Å². The van der Waals surface area contributed by atoms with Crippen LogP contribution in [0, 0.1) is 5.82 Å². The van der Waals surface area contributed by atoms with Crippen molar-refractivity contribution < 1.29 is 9.13 Å². The van der Waals surface area contributed by atoms with E-state index in [0.29, 0.717) is 12.4 Å². The molecular weight excluding hydrogens is 229 g/mol. The largest absolute Gasteiger partial charge is 0.492 e. The molecule has 1 aromatic carbocycles. The average molecular weight is 246 g/mol. The lowest BCUT2D eigenvalue weighted by atomic mass is 10.3. The van der Waals surface area contributed by atoms with E-state index in [0.717, 1.165) is 19.5 Å². The maximum Gasteiger partial charge on any atom is 0.145 e. The Kier molecular flexibility index (Phi) is 6.19. The van der Waals surface area contributed by atoms with Crippen LogP contribution in [-0.2, 0) is 0 Å². The maximum atomic E-state index is 13.0. The number of hydrogen-bond acceptors (Lipinski definition) is 2. The molecule has 0 bridgehead atoms. The molecule has 2 nitrogen and oxygen atoms in total. The first-order valence-electron chi connectivity index (χ1n) is 5.52. The van der Waals surface area contributed by atoms with Crippen LogP contribution in [0.2, 0.25) is 5.02 Å². The Hall–Kier alpha value is -0.800. The summed E-state index contributed by atoms with van der Waals surface area (Å²) in [6.07, 6.45) is 2.34. The van der Waals surface area contributed by atoms with Crippen molar-refractivity contribution in [1.82, 2.24) is 5.32 Å². The average Bonchev–Trinajstić information content (AvgIpc) is 2.28. The molecule has 0 fully saturated rings. The van der Waals surface area contributed by atoms with E-state index >= 15 is 0 Å². The van der Waals surface area contributed by atoms with Gasteiger partial charge >= 0.3 is 0 Å². The Bertz CT molecular complexity index is 320. The molecule has 0 spiro atoms. The first kappa shape index (κ1) is 13.3. The fourth-order valence-corrected chi connectivity index (χ4v) is 1.35. The number of benzene rings is 1. The summed E-state index contributed by atoms with van der Waals surface area (Å²) in [6, 6.07) is 4.46. The van der Waals surface area contributed by atoms with E-state index in [1.807, 2.05) is 0 Å². The Balaban J connectivity index is 2.19. The van der Waals surface area contributed by atoms with Crippen molar-refractivity contribution in [2.24, 2.45) is 0 Å². The molecule has 0 heterocycles. The third-order valence-corrected chi connectivity index (χ3v) is 2.45. The van der Waals surface area contributed by atoms with Gasteiger partial charge in [-0.25, -0.2) is 4.39 Å². The molecule has 1 N–H and O–H groups in total. The quantitative estimate of drug-likeness (QED) is 0.745. The molecule has 0 aliphatic heterocycles. The van der Waals surface area contributed by atoms with Crippen molar-refractivity contribution >= 4 is 11.6 Å². The minimum absolute atomic E-state index is 0.119. The highest BCUT2D eigenvalue weighted by atomic mass is 35.5. The molecule has 16 heavy (non-hydrogen) atoms. The zero-order chi connectivity index (χ0) is 11.8. The number of halogens is 2. The molecule has 0 radical (unpaired) electrons. The lowest BCUT2D eigenvalue weighted by Gasteiger charge is -2.07. The lowest BCUT2D eigenvalue weighted by molar-refractivity contribution is 0.312. The second-order valence-electron chi connectivity index (χ2n) is 3.53. The topological polar surface area (TPSA) is 21.3 Å². The summed E-state index contributed by atoms with van der Waals surface area (Å²) < 4.78 is 18.4. The van der Waals surface area contributed by atoms with Crippen molar-refractivity contribution in [1.29, 1.82) is 0 Å². The molecule has 0 aliphatic carbocycles. The lowest BCUT2D eigenvalue weighted by Crippen LogP contribution is -2.21. The molecule has 4 heteroatoms. The molecule has 0 saturated heterocycles. The van der Waals surface area contributed by atoms with E-state index in [9.17, 15) is 4.39 Å². The van der Waals surface area contributed by atoms with Gasteiger partial charge in [-0.1, -0.05) is 24.9 Å². The monoisotopic (exact) mass is 245 g/mol.